The molecule has 0 bridgehead atoms. The van der Waals surface area contributed by atoms with E-state index in [0.29, 0.717) is 5.02 Å². The van der Waals surface area contributed by atoms with Crippen molar-refractivity contribution < 1.29 is 9.90 Å². The molecule has 1 aliphatic rings. The average molecular weight is 317 g/mol. The topological polar surface area (TPSA) is 61.4 Å². The molecule has 0 radical (unpaired) electrons. The van der Waals surface area contributed by atoms with Gasteiger partial charge in [-0.1, -0.05) is 29.8 Å². The lowest BCUT2D eigenvalue weighted by atomic mass is 10.1. The minimum atomic E-state index is -0.0874. The van der Waals surface area contributed by atoms with Crippen molar-refractivity contribution in [2.75, 3.05) is 11.9 Å². The molecule has 1 aliphatic heterocycles. The summed E-state index contributed by atoms with van der Waals surface area (Å²) in [6.07, 6.45) is 1.93. The maximum absolute atomic E-state index is 12.0. The maximum atomic E-state index is 12.0. The van der Waals surface area contributed by atoms with Gasteiger partial charge in [0.2, 0.25) is 5.91 Å². The van der Waals surface area contributed by atoms with E-state index in [9.17, 15) is 9.90 Å². The van der Waals surface area contributed by atoms with Crippen LogP contribution < -0.4 is 10.6 Å². The summed E-state index contributed by atoms with van der Waals surface area (Å²) in [7, 11) is 0. The van der Waals surface area contributed by atoms with E-state index in [0.717, 1.165) is 36.2 Å². The van der Waals surface area contributed by atoms with E-state index >= 15 is 0 Å². The number of halogens is 1. The summed E-state index contributed by atoms with van der Waals surface area (Å²) in [5, 5.41) is 15.9. The third kappa shape index (κ3) is 3.24. The predicted octanol–water partition coefficient (Wildman–Crippen LogP) is 3.40. The van der Waals surface area contributed by atoms with Crippen LogP contribution in [0.4, 0.5) is 5.69 Å². The Balaban J connectivity index is 1.72. The number of anilines is 1. The highest BCUT2D eigenvalue weighted by atomic mass is 35.5. The zero-order valence-corrected chi connectivity index (χ0v) is 12.7. The zero-order valence-electron chi connectivity index (χ0n) is 12.0. The molecular weight excluding hydrogens is 300 g/mol. The number of aromatic hydroxyl groups is 1. The highest BCUT2D eigenvalue weighted by molar-refractivity contribution is 6.32. The molecule has 0 unspecified atom stereocenters. The van der Waals surface area contributed by atoms with Gasteiger partial charge in [-0.2, -0.15) is 0 Å². The van der Waals surface area contributed by atoms with Crippen LogP contribution in [0.1, 0.15) is 12.8 Å². The van der Waals surface area contributed by atoms with Crippen LogP contribution in [0, 0.1) is 0 Å². The standard InChI is InChI=1S/C17H17ClN2O2/c18-14-10-12(5-8-16(14)21)11-3-6-13(7-4-11)20-17(22)15-2-1-9-19-15/h3-8,10,15,19,21H,1-2,9H2,(H,20,22)/t15-/m1/s1. The van der Waals surface area contributed by atoms with Gasteiger partial charge in [0.15, 0.2) is 0 Å². The van der Waals surface area contributed by atoms with E-state index in [1.165, 1.54) is 0 Å². The maximum Gasteiger partial charge on any atom is 0.241 e. The van der Waals surface area contributed by atoms with Gasteiger partial charge in [0, 0.05) is 5.69 Å². The van der Waals surface area contributed by atoms with Crippen LogP contribution in [0.15, 0.2) is 42.5 Å². The quantitative estimate of drug-likeness (QED) is 0.813. The van der Waals surface area contributed by atoms with E-state index in [1.807, 2.05) is 24.3 Å². The molecule has 4 nitrogen and oxygen atoms in total. The average Bonchev–Trinajstić information content (AvgIpc) is 3.05. The van der Waals surface area contributed by atoms with Crippen molar-refractivity contribution in [2.45, 2.75) is 18.9 Å². The highest BCUT2D eigenvalue weighted by Crippen LogP contribution is 2.29. The van der Waals surface area contributed by atoms with Crippen LogP contribution >= 0.6 is 11.6 Å². The number of hydrogen-bond donors (Lipinski definition) is 3. The lowest BCUT2D eigenvalue weighted by Gasteiger charge is -2.11. The van der Waals surface area contributed by atoms with Crippen molar-refractivity contribution in [3.05, 3.63) is 47.5 Å². The number of carbonyl (C=O) groups is 1. The second-order valence-electron chi connectivity index (χ2n) is 5.38. The predicted molar refractivity (Wildman–Crippen MR) is 88.2 cm³/mol. The molecule has 1 amide bonds. The van der Waals surface area contributed by atoms with Gasteiger partial charge in [-0.15, -0.1) is 0 Å². The first-order chi connectivity index (χ1) is 10.6. The first-order valence-corrected chi connectivity index (χ1v) is 7.64. The van der Waals surface area contributed by atoms with Gasteiger partial charge in [0.25, 0.3) is 0 Å². The third-order valence-corrected chi connectivity index (χ3v) is 4.11. The van der Waals surface area contributed by atoms with Crippen LogP contribution in [0.3, 0.4) is 0 Å². The fraction of sp³-hybridized carbons (Fsp3) is 0.235. The molecule has 22 heavy (non-hydrogen) atoms. The number of phenolic OH excluding ortho intramolecular Hbond substituents is 1. The number of hydrogen-bond acceptors (Lipinski definition) is 3. The molecule has 0 spiro atoms. The van der Waals surface area contributed by atoms with Crippen molar-refractivity contribution in [2.24, 2.45) is 0 Å². The molecule has 1 fully saturated rings. The first kappa shape index (κ1) is 14.9. The number of rotatable bonds is 3. The van der Waals surface area contributed by atoms with Crippen molar-refractivity contribution in [1.29, 1.82) is 0 Å². The second-order valence-corrected chi connectivity index (χ2v) is 5.79. The molecule has 5 heteroatoms. The lowest BCUT2D eigenvalue weighted by molar-refractivity contribution is -0.117. The summed E-state index contributed by atoms with van der Waals surface area (Å²) in [6, 6.07) is 12.6. The van der Waals surface area contributed by atoms with Crippen LogP contribution in [-0.2, 0) is 4.79 Å². The second kappa shape index (κ2) is 6.38. The molecule has 3 rings (SSSR count). The van der Waals surface area contributed by atoms with E-state index < -0.39 is 0 Å². The van der Waals surface area contributed by atoms with Gasteiger partial charge in [-0.05, 0) is 54.8 Å². The Labute approximate surface area is 134 Å². The van der Waals surface area contributed by atoms with Crippen LogP contribution in [0.25, 0.3) is 11.1 Å². The number of benzene rings is 2. The van der Waals surface area contributed by atoms with Crippen molar-refractivity contribution in [1.82, 2.24) is 5.32 Å². The summed E-state index contributed by atoms with van der Waals surface area (Å²) in [4.78, 5) is 12.0. The van der Waals surface area contributed by atoms with E-state index in [-0.39, 0.29) is 17.7 Å². The Morgan fingerprint density at radius 1 is 1.18 bits per heavy atom. The molecule has 114 valence electrons. The molecular formula is C17H17ClN2O2. The minimum absolute atomic E-state index is 0.0120. The molecule has 1 heterocycles. The van der Waals surface area contributed by atoms with Gasteiger partial charge >= 0.3 is 0 Å². The fourth-order valence-electron chi connectivity index (χ4n) is 2.57. The Kier molecular flexibility index (Phi) is 4.32. The largest absolute Gasteiger partial charge is 0.506 e. The van der Waals surface area contributed by atoms with Crippen LogP contribution in [-0.4, -0.2) is 23.6 Å². The van der Waals surface area contributed by atoms with Crippen LogP contribution in [0.2, 0.25) is 5.02 Å². The summed E-state index contributed by atoms with van der Waals surface area (Å²) < 4.78 is 0. The van der Waals surface area contributed by atoms with Crippen LogP contribution in [0.5, 0.6) is 5.75 Å². The number of nitrogens with one attached hydrogen (secondary N) is 2. The molecule has 0 aromatic heterocycles. The summed E-state index contributed by atoms with van der Waals surface area (Å²) in [6.45, 7) is 0.901. The lowest BCUT2D eigenvalue weighted by Crippen LogP contribution is -2.35. The Hall–Kier alpha value is -2.04. The smallest absolute Gasteiger partial charge is 0.241 e. The summed E-state index contributed by atoms with van der Waals surface area (Å²) in [5.74, 6) is 0.0799. The molecule has 1 saturated heterocycles. The Bertz CT molecular complexity index is 680. The first-order valence-electron chi connectivity index (χ1n) is 7.27. The summed E-state index contributed by atoms with van der Waals surface area (Å²) >= 11 is 5.92. The molecule has 2 aromatic carbocycles. The van der Waals surface area contributed by atoms with Gasteiger partial charge in [0.1, 0.15) is 5.75 Å². The SMILES string of the molecule is O=C(Nc1ccc(-c2ccc(O)c(Cl)c2)cc1)[C@H]1CCCN1. The Morgan fingerprint density at radius 2 is 1.91 bits per heavy atom. The van der Waals surface area contributed by atoms with Gasteiger partial charge in [-0.25, -0.2) is 0 Å². The minimum Gasteiger partial charge on any atom is -0.506 e. The summed E-state index contributed by atoms with van der Waals surface area (Å²) in [5.41, 5.74) is 2.66. The zero-order chi connectivity index (χ0) is 15.5. The monoisotopic (exact) mass is 316 g/mol. The molecule has 0 saturated carbocycles. The number of phenols is 1. The van der Waals surface area contributed by atoms with Crippen molar-refractivity contribution >= 4 is 23.2 Å². The molecule has 2 aromatic rings. The van der Waals surface area contributed by atoms with E-state index in [1.54, 1.807) is 18.2 Å². The number of carbonyl (C=O) groups excluding carboxylic acids is 1. The van der Waals surface area contributed by atoms with Crippen molar-refractivity contribution in [3.8, 4) is 16.9 Å². The fourth-order valence-corrected chi connectivity index (χ4v) is 2.75. The third-order valence-electron chi connectivity index (χ3n) is 3.81. The molecule has 3 N–H and O–H groups in total. The van der Waals surface area contributed by atoms with Gasteiger partial charge in [0.05, 0.1) is 11.1 Å². The van der Waals surface area contributed by atoms with Crippen molar-refractivity contribution in [3.63, 3.8) is 0 Å². The van der Waals surface area contributed by atoms with Gasteiger partial charge < -0.3 is 15.7 Å². The molecule has 0 aliphatic carbocycles. The van der Waals surface area contributed by atoms with Gasteiger partial charge in [-0.3, -0.25) is 4.79 Å². The number of amides is 1. The van der Waals surface area contributed by atoms with E-state index in [4.69, 9.17) is 11.6 Å². The normalized spacial score (nSPS) is 17.4. The Morgan fingerprint density at radius 3 is 2.55 bits per heavy atom. The molecule has 1 atom stereocenters. The highest BCUT2D eigenvalue weighted by Gasteiger charge is 2.21. The van der Waals surface area contributed by atoms with E-state index in [2.05, 4.69) is 10.6 Å².